The fraction of sp³-hybridized carbons (Fsp3) is 0.423. The molecule has 2 aromatic rings. The molecule has 7 heteroatoms. The molecular weight excluding hydrogens is 420 g/mol. The minimum atomic E-state index is -0.906. The van der Waals surface area contributed by atoms with E-state index >= 15 is 0 Å². The van der Waals surface area contributed by atoms with Crippen LogP contribution in [0.5, 0.6) is 0 Å². The summed E-state index contributed by atoms with van der Waals surface area (Å²) < 4.78 is 5.56. The Balaban J connectivity index is 1.50. The molecule has 7 nitrogen and oxygen atoms in total. The number of ether oxygens (including phenoxy) is 1. The highest BCUT2D eigenvalue weighted by Crippen LogP contribution is 2.44. The molecule has 0 fully saturated rings. The van der Waals surface area contributed by atoms with Crippen molar-refractivity contribution in [3.63, 3.8) is 0 Å². The predicted octanol–water partition coefficient (Wildman–Crippen LogP) is 4.31. The van der Waals surface area contributed by atoms with Crippen molar-refractivity contribution in [2.45, 2.75) is 52.0 Å². The van der Waals surface area contributed by atoms with E-state index in [4.69, 9.17) is 9.84 Å². The standard InChI is InChI=1S/C26H32N2O5/c1-4-17(15-23(29)27-14-13-26(2,3)24(30)31)28-25(32)33-16-22-20-11-7-5-9-18(20)19-10-6-8-12-21(19)22/h5-12,17,22H,4,13-16H2,1-3H3,(H,27,29)(H,28,32)(H,30,31)/t17-/m1/s1. The number of nitrogens with one attached hydrogen (secondary N) is 2. The van der Waals surface area contributed by atoms with E-state index in [1.807, 2.05) is 31.2 Å². The van der Waals surface area contributed by atoms with Gasteiger partial charge in [-0.2, -0.15) is 0 Å². The third-order valence-corrected chi connectivity index (χ3v) is 6.24. The van der Waals surface area contributed by atoms with Gasteiger partial charge in [0.25, 0.3) is 0 Å². The Morgan fingerprint density at radius 1 is 1.03 bits per heavy atom. The lowest BCUT2D eigenvalue weighted by Gasteiger charge is -2.20. The predicted molar refractivity (Wildman–Crippen MR) is 126 cm³/mol. The van der Waals surface area contributed by atoms with Crippen molar-refractivity contribution in [3.8, 4) is 11.1 Å². The van der Waals surface area contributed by atoms with Gasteiger partial charge < -0.3 is 20.5 Å². The molecule has 3 rings (SSSR count). The summed E-state index contributed by atoms with van der Waals surface area (Å²) in [4.78, 5) is 35.9. The maximum atomic E-state index is 12.5. The number of carbonyl (C=O) groups excluding carboxylic acids is 2. The molecule has 0 radical (unpaired) electrons. The summed E-state index contributed by atoms with van der Waals surface area (Å²) in [7, 11) is 0. The average Bonchev–Trinajstić information content (AvgIpc) is 3.10. The van der Waals surface area contributed by atoms with Crippen LogP contribution >= 0.6 is 0 Å². The van der Waals surface area contributed by atoms with Crippen LogP contribution in [0.2, 0.25) is 0 Å². The molecule has 0 unspecified atom stereocenters. The number of carboxylic acids is 1. The van der Waals surface area contributed by atoms with E-state index in [0.717, 1.165) is 22.3 Å². The van der Waals surface area contributed by atoms with Crippen LogP contribution < -0.4 is 10.6 Å². The van der Waals surface area contributed by atoms with E-state index in [9.17, 15) is 14.4 Å². The second-order valence-corrected chi connectivity index (χ2v) is 9.07. The van der Waals surface area contributed by atoms with Crippen LogP contribution in [0.1, 0.15) is 57.1 Å². The van der Waals surface area contributed by atoms with Gasteiger partial charge in [0.15, 0.2) is 0 Å². The van der Waals surface area contributed by atoms with Gasteiger partial charge in [0.1, 0.15) is 6.61 Å². The molecule has 2 amide bonds. The molecule has 3 N–H and O–H groups in total. The van der Waals surface area contributed by atoms with Crippen LogP contribution in [0, 0.1) is 5.41 Å². The topological polar surface area (TPSA) is 105 Å². The molecule has 33 heavy (non-hydrogen) atoms. The number of carboxylic acid groups (broad SMARTS) is 1. The summed E-state index contributed by atoms with van der Waals surface area (Å²) >= 11 is 0. The maximum Gasteiger partial charge on any atom is 0.407 e. The quantitative estimate of drug-likeness (QED) is 0.498. The Bertz CT molecular complexity index is 972. The van der Waals surface area contributed by atoms with Crippen molar-refractivity contribution in [1.29, 1.82) is 0 Å². The molecule has 0 saturated heterocycles. The van der Waals surface area contributed by atoms with Gasteiger partial charge in [-0.1, -0.05) is 55.5 Å². The highest BCUT2D eigenvalue weighted by Gasteiger charge is 2.29. The minimum absolute atomic E-state index is 0.0240. The Morgan fingerprint density at radius 3 is 2.15 bits per heavy atom. The van der Waals surface area contributed by atoms with Crippen molar-refractivity contribution >= 4 is 18.0 Å². The Hall–Kier alpha value is -3.35. The third kappa shape index (κ3) is 5.92. The van der Waals surface area contributed by atoms with Crippen LogP contribution in [-0.2, 0) is 14.3 Å². The SMILES string of the molecule is CC[C@H](CC(=O)NCCC(C)(C)C(=O)O)NC(=O)OCC1c2ccccc2-c2ccccc21. The van der Waals surface area contributed by atoms with E-state index in [1.54, 1.807) is 13.8 Å². The Kier molecular flexibility index (Phi) is 7.74. The van der Waals surface area contributed by atoms with Gasteiger partial charge in [-0.05, 0) is 48.9 Å². The highest BCUT2D eigenvalue weighted by atomic mass is 16.5. The second-order valence-electron chi connectivity index (χ2n) is 9.07. The number of hydrogen-bond acceptors (Lipinski definition) is 4. The van der Waals surface area contributed by atoms with Gasteiger partial charge in [-0.15, -0.1) is 0 Å². The molecule has 0 bridgehead atoms. The first-order valence-corrected chi connectivity index (χ1v) is 11.3. The summed E-state index contributed by atoms with van der Waals surface area (Å²) in [6, 6.07) is 15.9. The first-order chi connectivity index (χ1) is 15.7. The van der Waals surface area contributed by atoms with Gasteiger partial charge in [-0.3, -0.25) is 9.59 Å². The smallest absolute Gasteiger partial charge is 0.407 e. The molecule has 1 aliphatic carbocycles. The monoisotopic (exact) mass is 452 g/mol. The number of rotatable bonds is 10. The molecule has 1 atom stereocenters. The largest absolute Gasteiger partial charge is 0.481 e. The molecule has 0 spiro atoms. The summed E-state index contributed by atoms with van der Waals surface area (Å²) in [5.74, 6) is -1.16. The zero-order valence-corrected chi connectivity index (χ0v) is 19.4. The Morgan fingerprint density at radius 2 is 1.61 bits per heavy atom. The molecule has 2 aromatic carbocycles. The van der Waals surface area contributed by atoms with Gasteiger partial charge >= 0.3 is 12.1 Å². The number of aliphatic carboxylic acids is 1. The average molecular weight is 453 g/mol. The third-order valence-electron chi connectivity index (χ3n) is 6.24. The van der Waals surface area contributed by atoms with Crippen molar-refractivity contribution in [1.82, 2.24) is 10.6 Å². The van der Waals surface area contributed by atoms with E-state index < -0.39 is 17.5 Å². The van der Waals surface area contributed by atoms with E-state index in [2.05, 4.69) is 34.9 Å². The van der Waals surface area contributed by atoms with Crippen molar-refractivity contribution in [3.05, 3.63) is 59.7 Å². The summed E-state index contributed by atoms with van der Waals surface area (Å²) in [5.41, 5.74) is 3.70. The minimum Gasteiger partial charge on any atom is -0.481 e. The van der Waals surface area contributed by atoms with Gasteiger partial charge in [-0.25, -0.2) is 4.79 Å². The molecule has 0 heterocycles. The van der Waals surface area contributed by atoms with Crippen molar-refractivity contribution in [2.75, 3.05) is 13.2 Å². The molecule has 0 aromatic heterocycles. The number of benzene rings is 2. The number of carbonyl (C=O) groups is 3. The van der Waals surface area contributed by atoms with Crippen molar-refractivity contribution < 1.29 is 24.2 Å². The van der Waals surface area contributed by atoms with Gasteiger partial charge in [0.05, 0.1) is 5.41 Å². The summed E-state index contributed by atoms with van der Waals surface area (Å²) in [5, 5.41) is 14.7. The summed E-state index contributed by atoms with van der Waals surface area (Å²) in [6.45, 7) is 5.60. The van der Waals surface area contributed by atoms with Crippen LogP contribution in [-0.4, -0.2) is 42.3 Å². The lowest BCUT2D eigenvalue weighted by Crippen LogP contribution is -2.40. The van der Waals surface area contributed by atoms with E-state index in [1.165, 1.54) is 0 Å². The van der Waals surface area contributed by atoms with Crippen LogP contribution in [0.4, 0.5) is 4.79 Å². The second kappa shape index (κ2) is 10.5. The highest BCUT2D eigenvalue weighted by molar-refractivity contribution is 5.80. The molecular formula is C26H32N2O5. The van der Waals surface area contributed by atoms with Crippen LogP contribution in [0.25, 0.3) is 11.1 Å². The first kappa shape index (κ1) is 24.3. The van der Waals surface area contributed by atoms with E-state index in [0.29, 0.717) is 12.8 Å². The van der Waals surface area contributed by atoms with E-state index in [-0.39, 0.29) is 37.4 Å². The van der Waals surface area contributed by atoms with Crippen LogP contribution in [0.3, 0.4) is 0 Å². The van der Waals surface area contributed by atoms with Gasteiger partial charge in [0.2, 0.25) is 5.91 Å². The van der Waals surface area contributed by atoms with Gasteiger partial charge in [0, 0.05) is 24.9 Å². The van der Waals surface area contributed by atoms with Crippen molar-refractivity contribution in [2.24, 2.45) is 5.41 Å². The fourth-order valence-electron chi connectivity index (χ4n) is 4.02. The lowest BCUT2D eigenvalue weighted by atomic mass is 9.90. The summed E-state index contributed by atoms with van der Waals surface area (Å²) in [6.07, 6.45) is 0.445. The Labute approximate surface area is 194 Å². The maximum absolute atomic E-state index is 12.5. The number of hydrogen-bond donors (Lipinski definition) is 3. The van der Waals surface area contributed by atoms with Crippen LogP contribution in [0.15, 0.2) is 48.5 Å². The molecule has 0 aliphatic heterocycles. The number of fused-ring (bicyclic) bond motifs is 3. The number of alkyl carbamates (subject to hydrolysis) is 1. The molecule has 0 saturated carbocycles. The normalized spacial score (nSPS) is 13.5. The number of amides is 2. The lowest BCUT2D eigenvalue weighted by molar-refractivity contribution is -0.147. The first-order valence-electron chi connectivity index (χ1n) is 11.3. The zero-order valence-electron chi connectivity index (χ0n) is 19.4. The molecule has 176 valence electrons. The fourth-order valence-corrected chi connectivity index (χ4v) is 4.02. The zero-order chi connectivity index (χ0) is 24.0. The molecule has 1 aliphatic rings.